The molecule has 0 aliphatic carbocycles. The van der Waals surface area contributed by atoms with Gasteiger partial charge in [-0.1, -0.05) is 29.8 Å². The maximum atomic E-state index is 12.6. The highest BCUT2D eigenvalue weighted by Gasteiger charge is 2.27. The molecule has 0 aromatic heterocycles. The third-order valence-electron chi connectivity index (χ3n) is 4.53. The van der Waals surface area contributed by atoms with Gasteiger partial charge in [0.15, 0.2) is 5.76 Å². The molecule has 0 saturated carbocycles. The minimum atomic E-state index is -0.443. The maximum Gasteiger partial charge on any atom is 0.269 e. The number of nitrogens with zero attached hydrogens (tertiary/aromatic N) is 1. The first kappa shape index (κ1) is 18.4. The Morgan fingerprint density at radius 3 is 2.59 bits per heavy atom. The van der Waals surface area contributed by atoms with Crippen molar-refractivity contribution < 1.29 is 19.2 Å². The normalized spacial score (nSPS) is 13.8. The number of aryl methyl sites for hydroxylation is 1. The molecule has 29 heavy (non-hydrogen) atoms. The lowest BCUT2D eigenvalue weighted by Gasteiger charge is -2.07. The zero-order valence-electron chi connectivity index (χ0n) is 15.6. The van der Waals surface area contributed by atoms with Crippen molar-refractivity contribution in [1.29, 1.82) is 0 Å². The number of benzene rings is 3. The Bertz CT molecular complexity index is 1130. The molecule has 144 valence electrons. The van der Waals surface area contributed by atoms with Crippen molar-refractivity contribution in [2.45, 2.75) is 13.5 Å². The molecule has 1 heterocycles. The Hall–Kier alpha value is -3.93. The van der Waals surface area contributed by atoms with Gasteiger partial charge in [0, 0.05) is 18.2 Å². The minimum absolute atomic E-state index is 0.0334. The molecule has 0 radical (unpaired) electrons. The number of ether oxygens (including phenoxy) is 2. The number of carbonyl (C=O) groups is 1. The lowest BCUT2D eigenvalue weighted by Crippen LogP contribution is -1.98. The number of hydrogen-bond acceptors (Lipinski definition) is 5. The molecule has 6 heteroatoms. The van der Waals surface area contributed by atoms with Gasteiger partial charge in [-0.05, 0) is 48.4 Å². The molecule has 3 aromatic carbocycles. The van der Waals surface area contributed by atoms with Gasteiger partial charge in [-0.25, -0.2) is 0 Å². The Morgan fingerprint density at radius 2 is 1.86 bits per heavy atom. The lowest BCUT2D eigenvalue weighted by atomic mass is 10.1. The minimum Gasteiger partial charge on any atom is -0.489 e. The van der Waals surface area contributed by atoms with Gasteiger partial charge in [-0.3, -0.25) is 14.9 Å². The average Bonchev–Trinajstić information content (AvgIpc) is 3.01. The largest absolute Gasteiger partial charge is 0.489 e. The summed E-state index contributed by atoms with van der Waals surface area (Å²) in [5, 5.41) is 10.7. The number of carbonyl (C=O) groups excluding carboxylic acids is 1. The molecule has 0 N–H and O–H groups in total. The lowest BCUT2D eigenvalue weighted by molar-refractivity contribution is -0.384. The summed E-state index contributed by atoms with van der Waals surface area (Å²) in [6.45, 7) is 2.24. The van der Waals surface area contributed by atoms with E-state index < -0.39 is 4.92 Å². The summed E-state index contributed by atoms with van der Waals surface area (Å²) < 4.78 is 11.5. The fourth-order valence-electron chi connectivity index (χ4n) is 3.05. The molecule has 0 atom stereocenters. The Balaban J connectivity index is 1.48. The average molecular weight is 387 g/mol. The van der Waals surface area contributed by atoms with E-state index in [0.29, 0.717) is 17.1 Å². The molecule has 1 aliphatic heterocycles. The van der Waals surface area contributed by atoms with Gasteiger partial charge in [-0.2, -0.15) is 0 Å². The first-order chi connectivity index (χ1) is 14.0. The molecule has 6 nitrogen and oxygen atoms in total. The van der Waals surface area contributed by atoms with Gasteiger partial charge < -0.3 is 9.47 Å². The number of rotatable bonds is 5. The first-order valence-corrected chi connectivity index (χ1v) is 9.01. The van der Waals surface area contributed by atoms with Crippen LogP contribution in [0.15, 0.2) is 72.5 Å². The monoisotopic (exact) mass is 387 g/mol. The molecule has 4 rings (SSSR count). The molecule has 3 aromatic rings. The third-order valence-corrected chi connectivity index (χ3v) is 4.53. The van der Waals surface area contributed by atoms with Crippen molar-refractivity contribution in [3.8, 4) is 11.5 Å². The second kappa shape index (κ2) is 7.59. The number of fused-ring (bicyclic) bond motifs is 1. The number of allylic oxidation sites excluding steroid dienone is 1. The molecule has 0 bridgehead atoms. The molecule has 0 spiro atoms. The van der Waals surface area contributed by atoms with Gasteiger partial charge in [-0.15, -0.1) is 0 Å². The van der Waals surface area contributed by atoms with Crippen LogP contribution in [0.1, 0.15) is 27.0 Å². The van der Waals surface area contributed by atoms with Gasteiger partial charge in [0.05, 0.1) is 10.5 Å². The van der Waals surface area contributed by atoms with Crippen molar-refractivity contribution in [3.05, 3.63) is 105 Å². The predicted molar refractivity (Wildman–Crippen MR) is 108 cm³/mol. The maximum absolute atomic E-state index is 12.6. The fraction of sp³-hybridized carbons (Fsp3) is 0.0870. The summed E-state index contributed by atoms with van der Waals surface area (Å²) in [4.78, 5) is 22.8. The SMILES string of the molecule is Cc1cccc(/C=C2\Oc3cc(OCc4ccc([N+](=O)[O-])cc4)ccc3C2=O)c1. The molecular weight excluding hydrogens is 370 g/mol. The van der Waals surface area contributed by atoms with Crippen LogP contribution in [0.25, 0.3) is 6.08 Å². The summed E-state index contributed by atoms with van der Waals surface area (Å²) >= 11 is 0. The van der Waals surface area contributed by atoms with Crippen LogP contribution in [-0.4, -0.2) is 10.7 Å². The first-order valence-electron chi connectivity index (χ1n) is 9.01. The number of ketones is 1. The number of hydrogen-bond donors (Lipinski definition) is 0. The summed E-state index contributed by atoms with van der Waals surface area (Å²) in [7, 11) is 0. The van der Waals surface area contributed by atoms with E-state index in [4.69, 9.17) is 9.47 Å². The molecular formula is C23H17NO5. The van der Waals surface area contributed by atoms with Crippen LogP contribution in [0, 0.1) is 17.0 Å². The van der Waals surface area contributed by atoms with E-state index in [-0.39, 0.29) is 23.8 Å². The second-order valence-electron chi connectivity index (χ2n) is 6.72. The third kappa shape index (κ3) is 4.01. The van der Waals surface area contributed by atoms with E-state index in [9.17, 15) is 14.9 Å². The van der Waals surface area contributed by atoms with Crippen LogP contribution >= 0.6 is 0 Å². The van der Waals surface area contributed by atoms with Crippen molar-refractivity contribution in [2.75, 3.05) is 0 Å². The van der Waals surface area contributed by atoms with Crippen LogP contribution in [0.5, 0.6) is 11.5 Å². The zero-order chi connectivity index (χ0) is 20.4. The number of Topliss-reactive ketones (excluding diaryl/α,β-unsaturated/α-hetero) is 1. The predicted octanol–water partition coefficient (Wildman–Crippen LogP) is 5.10. The molecule has 1 aliphatic rings. The zero-order valence-corrected chi connectivity index (χ0v) is 15.6. The van der Waals surface area contributed by atoms with E-state index in [2.05, 4.69) is 0 Å². The van der Waals surface area contributed by atoms with Crippen molar-refractivity contribution in [2.24, 2.45) is 0 Å². The summed E-state index contributed by atoms with van der Waals surface area (Å²) in [5.41, 5.74) is 3.32. The van der Waals surface area contributed by atoms with E-state index in [1.54, 1.807) is 36.4 Å². The number of non-ortho nitro benzene ring substituents is 1. The van der Waals surface area contributed by atoms with Crippen LogP contribution in [-0.2, 0) is 6.61 Å². The molecule has 0 amide bonds. The standard InChI is InChI=1S/C23H17NO5/c1-15-3-2-4-17(11-15)12-22-23(25)20-10-9-19(13-21(20)29-22)28-14-16-5-7-18(8-6-16)24(26)27/h2-13H,14H2,1H3/b22-12-. The highest BCUT2D eigenvalue weighted by molar-refractivity contribution is 6.14. The van der Waals surface area contributed by atoms with E-state index in [1.807, 2.05) is 31.2 Å². The van der Waals surface area contributed by atoms with Crippen molar-refractivity contribution >= 4 is 17.5 Å². The van der Waals surface area contributed by atoms with Crippen molar-refractivity contribution in [3.63, 3.8) is 0 Å². The van der Waals surface area contributed by atoms with Crippen LogP contribution in [0.2, 0.25) is 0 Å². The van der Waals surface area contributed by atoms with Gasteiger partial charge >= 0.3 is 0 Å². The van der Waals surface area contributed by atoms with Gasteiger partial charge in [0.1, 0.15) is 18.1 Å². The molecule has 0 fully saturated rings. The van der Waals surface area contributed by atoms with Gasteiger partial charge in [0.2, 0.25) is 5.78 Å². The van der Waals surface area contributed by atoms with Crippen LogP contribution in [0.4, 0.5) is 5.69 Å². The highest BCUT2D eigenvalue weighted by Crippen LogP contribution is 2.35. The molecule has 0 unspecified atom stereocenters. The van der Waals surface area contributed by atoms with E-state index in [0.717, 1.165) is 16.7 Å². The second-order valence-corrected chi connectivity index (χ2v) is 6.72. The number of nitro benzene ring substituents is 1. The Labute approximate surface area is 167 Å². The Morgan fingerprint density at radius 1 is 1.07 bits per heavy atom. The quantitative estimate of drug-likeness (QED) is 0.346. The summed E-state index contributed by atoms with van der Waals surface area (Å²) in [6.07, 6.45) is 1.73. The summed E-state index contributed by atoms with van der Waals surface area (Å²) in [5.74, 6) is 1.11. The van der Waals surface area contributed by atoms with E-state index >= 15 is 0 Å². The molecule has 0 saturated heterocycles. The van der Waals surface area contributed by atoms with Crippen LogP contribution in [0.3, 0.4) is 0 Å². The fourth-order valence-corrected chi connectivity index (χ4v) is 3.05. The number of nitro groups is 1. The Kier molecular flexibility index (Phi) is 4.83. The van der Waals surface area contributed by atoms with Crippen molar-refractivity contribution in [1.82, 2.24) is 0 Å². The van der Waals surface area contributed by atoms with Crippen LogP contribution < -0.4 is 9.47 Å². The summed E-state index contributed by atoms with van der Waals surface area (Å²) in [6, 6.07) is 19.0. The van der Waals surface area contributed by atoms with E-state index in [1.165, 1.54) is 12.1 Å². The smallest absolute Gasteiger partial charge is 0.269 e. The topological polar surface area (TPSA) is 78.7 Å². The highest BCUT2D eigenvalue weighted by atomic mass is 16.6. The van der Waals surface area contributed by atoms with Gasteiger partial charge in [0.25, 0.3) is 5.69 Å².